The Bertz CT molecular complexity index is 1080. The molecule has 2 aromatic rings. The van der Waals surface area contributed by atoms with E-state index in [2.05, 4.69) is 5.32 Å². The average molecular weight is 486 g/mol. The van der Waals surface area contributed by atoms with Crippen molar-refractivity contribution in [2.24, 2.45) is 5.92 Å². The van der Waals surface area contributed by atoms with Crippen LogP contribution in [0.2, 0.25) is 0 Å². The number of benzene rings is 1. The number of alkyl halides is 3. The largest absolute Gasteiger partial charge is 0.332 e. The van der Waals surface area contributed by atoms with E-state index in [4.69, 9.17) is 34.8 Å². The van der Waals surface area contributed by atoms with Crippen LogP contribution in [0.5, 0.6) is 0 Å². The fourth-order valence-electron chi connectivity index (χ4n) is 4.49. The summed E-state index contributed by atoms with van der Waals surface area (Å²) in [5.41, 5.74) is 0.800. The van der Waals surface area contributed by atoms with Crippen molar-refractivity contribution in [3.8, 4) is 0 Å². The molecule has 1 amide bonds. The van der Waals surface area contributed by atoms with Crippen molar-refractivity contribution < 1.29 is 9.72 Å². The molecule has 3 heterocycles. The summed E-state index contributed by atoms with van der Waals surface area (Å²) in [5, 5.41) is 13.8. The van der Waals surface area contributed by atoms with E-state index < -0.39 is 20.8 Å². The summed E-state index contributed by atoms with van der Waals surface area (Å²) < 4.78 is -0.0411. The Morgan fingerprint density at radius 1 is 1.16 bits per heavy atom. The Hall–Kier alpha value is -2.13. The molecule has 0 spiro atoms. The molecule has 1 N–H and O–H groups in total. The molecule has 1 aromatic heterocycles. The summed E-state index contributed by atoms with van der Waals surface area (Å²) in [6, 6.07) is 10.6. The molecule has 164 valence electrons. The van der Waals surface area contributed by atoms with E-state index in [9.17, 15) is 19.7 Å². The van der Waals surface area contributed by atoms with Gasteiger partial charge in [0.05, 0.1) is 4.92 Å². The van der Waals surface area contributed by atoms with Gasteiger partial charge in [-0.05, 0) is 24.5 Å². The highest BCUT2D eigenvalue weighted by atomic mass is 35.6. The molecule has 0 unspecified atom stereocenters. The number of nitrogens with zero attached hydrogens (tertiary/aromatic N) is 3. The molecule has 2 aliphatic rings. The molecule has 0 radical (unpaired) electrons. The van der Waals surface area contributed by atoms with Crippen LogP contribution in [0.25, 0.3) is 0 Å². The van der Waals surface area contributed by atoms with Gasteiger partial charge in [0.25, 0.3) is 17.2 Å². The molecule has 2 bridgehead atoms. The van der Waals surface area contributed by atoms with Crippen LogP contribution in [0.15, 0.2) is 47.3 Å². The van der Waals surface area contributed by atoms with Gasteiger partial charge in [-0.15, -0.1) is 0 Å². The Morgan fingerprint density at radius 3 is 2.61 bits per heavy atom. The van der Waals surface area contributed by atoms with Gasteiger partial charge in [-0.3, -0.25) is 24.6 Å². The number of halogens is 3. The number of amides is 1. The standard InChI is InChI=1S/C20H19Cl3N4O4/c21-20(22,23)19(24-18(29)13-3-1-4-15(8-13)27(30)31)25-9-12-7-14(11-25)16-5-2-6-17(28)26(16)10-12/h1-6,8,12,14,19H,7,9-11H2,(H,24,29)/t12-,14-,19-/m0/s1. The van der Waals surface area contributed by atoms with Gasteiger partial charge < -0.3 is 9.88 Å². The Kier molecular flexibility index (Phi) is 6.00. The van der Waals surface area contributed by atoms with Gasteiger partial charge in [0.1, 0.15) is 6.17 Å². The quantitative estimate of drug-likeness (QED) is 0.407. The van der Waals surface area contributed by atoms with Gasteiger partial charge in [-0.2, -0.15) is 0 Å². The number of pyridine rings is 1. The number of hydrogen-bond acceptors (Lipinski definition) is 5. The summed E-state index contributed by atoms with van der Waals surface area (Å²) in [6.07, 6.45) is -0.0396. The Balaban J connectivity index is 1.58. The van der Waals surface area contributed by atoms with Crippen molar-refractivity contribution in [2.45, 2.75) is 28.8 Å². The first kappa shape index (κ1) is 22.1. The van der Waals surface area contributed by atoms with E-state index in [1.807, 2.05) is 11.0 Å². The van der Waals surface area contributed by atoms with Gasteiger partial charge in [0, 0.05) is 55.0 Å². The number of carbonyl (C=O) groups is 1. The number of non-ortho nitro benzene ring substituents is 1. The zero-order valence-electron chi connectivity index (χ0n) is 16.2. The fraction of sp³-hybridized carbons (Fsp3) is 0.400. The number of fused-ring (bicyclic) bond motifs is 4. The highest BCUT2D eigenvalue weighted by Gasteiger charge is 2.44. The summed E-state index contributed by atoms with van der Waals surface area (Å²) in [6.45, 7) is 1.59. The van der Waals surface area contributed by atoms with Gasteiger partial charge in [0.15, 0.2) is 0 Å². The fourth-order valence-corrected chi connectivity index (χ4v) is 5.07. The maximum absolute atomic E-state index is 12.8. The Morgan fingerprint density at radius 2 is 1.90 bits per heavy atom. The SMILES string of the molecule is O=C(N[C@@H](N1C[C@@H]2C[C@@H](C1)c1cccc(=O)n1C2)C(Cl)(Cl)Cl)c1cccc([N+](=O)[O-])c1. The first-order chi connectivity index (χ1) is 14.6. The third kappa shape index (κ3) is 4.57. The number of rotatable bonds is 4. The van der Waals surface area contributed by atoms with Crippen LogP contribution in [-0.2, 0) is 6.54 Å². The average Bonchev–Trinajstić information content (AvgIpc) is 2.71. The minimum Gasteiger partial charge on any atom is -0.332 e. The number of aromatic nitrogens is 1. The number of piperidine rings is 1. The van der Waals surface area contributed by atoms with Crippen LogP contribution in [0.4, 0.5) is 5.69 Å². The van der Waals surface area contributed by atoms with Gasteiger partial charge in [0.2, 0.25) is 3.79 Å². The van der Waals surface area contributed by atoms with Crippen LogP contribution in [0.1, 0.15) is 28.4 Å². The van der Waals surface area contributed by atoms with Crippen LogP contribution in [0.3, 0.4) is 0 Å². The molecule has 2 aliphatic heterocycles. The number of nitro benzene ring substituents is 1. The lowest BCUT2D eigenvalue weighted by atomic mass is 9.83. The van der Waals surface area contributed by atoms with Crippen molar-refractivity contribution in [3.05, 3.63) is 74.2 Å². The van der Waals surface area contributed by atoms with Gasteiger partial charge in [-0.25, -0.2) is 0 Å². The van der Waals surface area contributed by atoms with Crippen molar-refractivity contribution in [3.63, 3.8) is 0 Å². The smallest absolute Gasteiger partial charge is 0.270 e. The van der Waals surface area contributed by atoms with E-state index in [1.165, 1.54) is 24.3 Å². The molecule has 0 aliphatic carbocycles. The summed E-state index contributed by atoms with van der Waals surface area (Å²) >= 11 is 18.7. The van der Waals surface area contributed by atoms with Crippen molar-refractivity contribution >= 4 is 46.4 Å². The van der Waals surface area contributed by atoms with Gasteiger partial charge in [-0.1, -0.05) is 46.9 Å². The zero-order chi connectivity index (χ0) is 22.3. The number of nitro groups is 1. The lowest BCUT2D eigenvalue weighted by Gasteiger charge is -2.47. The van der Waals surface area contributed by atoms with E-state index in [1.54, 1.807) is 16.7 Å². The zero-order valence-corrected chi connectivity index (χ0v) is 18.5. The lowest BCUT2D eigenvalue weighted by Crippen LogP contribution is -2.60. The number of likely N-dealkylation sites (tertiary alicyclic amines) is 1. The molecule has 1 fully saturated rings. The molecule has 4 rings (SSSR count). The third-order valence-electron chi connectivity index (χ3n) is 5.77. The maximum atomic E-state index is 12.8. The summed E-state index contributed by atoms with van der Waals surface area (Å²) in [7, 11) is 0. The lowest BCUT2D eigenvalue weighted by molar-refractivity contribution is -0.384. The number of hydrogen-bond donors (Lipinski definition) is 1. The topological polar surface area (TPSA) is 97.5 Å². The molecule has 11 heteroatoms. The first-order valence-corrected chi connectivity index (χ1v) is 10.8. The molecule has 31 heavy (non-hydrogen) atoms. The molecule has 0 saturated carbocycles. The predicted octanol–water partition coefficient (Wildman–Crippen LogP) is 3.30. The molecule has 8 nitrogen and oxygen atoms in total. The molecule has 1 aromatic carbocycles. The molecule has 1 saturated heterocycles. The minimum atomic E-state index is -1.83. The second-order valence-electron chi connectivity index (χ2n) is 7.88. The minimum absolute atomic E-state index is 0.0300. The highest BCUT2D eigenvalue weighted by Crippen LogP contribution is 2.40. The van der Waals surface area contributed by atoms with Gasteiger partial charge >= 0.3 is 0 Å². The second kappa shape index (κ2) is 8.43. The molecule has 3 atom stereocenters. The van der Waals surface area contributed by atoms with Crippen LogP contribution in [0, 0.1) is 16.0 Å². The van der Waals surface area contributed by atoms with Crippen molar-refractivity contribution in [2.75, 3.05) is 13.1 Å². The van der Waals surface area contributed by atoms with Crippen molar-refractivity contribution in [1.82, 2.24) is 14.8 Å². The Labute approximate surface area is 192 Å². The van der Waals surface area contributed by atoms with E-state index >= 15 is 0 Å². The molecular weight excluding hydrogens is 467 g/mol. The van der Waals surface area contributed by atoms with E-state index in [-0.39, 0.29) is 28.6 Å². The highest BCUT2D eigenvalue weighted by molar-refractivity contribution is 6.68. The molecular formula is C20H19Cl3N4O4. The summed E-state index contributed by atoms with van der Waals surface area (Å²) in [5.74, 6) is -0.353. The third-order valence-corrected chi connectivity index (χ3v) is 6.39. The van der Waals surface area contributed by atoms with E-state index in [0.717, 1.165) is 12.1 Å². The van der Waals surface area contributed by atoms with Crippen LogP contribution < -0.4 is 10.9 Å². The van der Waals surface area contributed by atoms with Crippen molar-refractivity contribution in [1.29, 1.82) is 0 Å². The second-order valence-corrected chi connectivity index (χ2v) is 10.2. The van der Waals surface area contributed by atoms with Crippen LogP contribution in [-0.4, -0.2) is 43.3 Å². The monoisotopic (exact) mass is 484 g/mol. The summed E-state index contributed by atoms with van der Waals surface area (Å²) in [4.78, 5) is 37.4. The number of carbonyl (C=O) groups excluding carboxylic acids is 1. The number of nitrogens with one attached hydrogen (secondary N) is 1. The van der Waals surface area contributed by atoms with Crippen LogP contribution >= 0.6 is 34.8 Å². The first-order valence-electron chi connectivity index (χ1n) is 9.69. The maximum Gasteiger partial charge on any atom is 0.270 e. The van der Waals surface area contributed by atoms with E-state index in [0.29, 0.717) is 19.6 Å². The predicted molar refractivity (Wildman–Crippen MR) is 118 cm³/mol. The normalized spacial score (nSPS) is 21.8.